The van der Waals surface area contributed by atoms with Crippen LogP contribution in [0.15, 0.2) is 0 Å². The lowest BCUT2D eigenvalue weighted by Gasteiger charge is -2.00. The predicted molar refractivity (Wildman–Crippen MR) is 34.3 cm³/mol. The summed E-state index contributed by atoms with van der Waals surface area (Å²) in [5, 5.41) is 0. The molecule has 2 unspecified atom stereocenters. The van der Waals surface area contributed by atoms with Crippen LogP contribution in [0.2, 0.25) is 0 Å². The van der Waals surface area contributed by atoms with E-state index in [-0.39, 0.29) is 18.2 Å². The summed E-state index contributed by atoms with van der Waals surface area (Å²) in [6, 6.07) is 0. The van der Waals surface area contributed by atoms with E-state index in [1.165, 1.54) is 7.11 Å². The summed E-state index contributed by atoms with van der Waals surface area (Å²) >= 11 is 0. The van der Waals surface area contributed by atoms with Crippen LogP contribution in [0.4, 0.5) is 0 Å². The van der Waals surface area contributed by atoms with Crippen LogP contribution in [0.5, 0.6) is 0 Å². The van der Waals surface area contributed by atoms with E-state index in [2.05, 4.69) is 14.0 Å². The number of hydrogen-bond acceptors (Lipinski definition) is 3. The molecule has 0 saturated heterocycles. The van der Waals surface area contributed by atoms with Gasteiger partial charge in [-0.2, -0.15) is 0 Å². The van der Waals surface area contributed by atoms with Gasteiger partial charge in [0, 0.05) is 5.78 Å². The van der Waals surface area contributed by atoms with E-state index in [1.54, 1.807) is 0 Å². The first-order chi connectivity index (χ1) is 3.66. The van der Waals surface area contributed by atoms with Gasteiger partial charge in [-0.3, -0.25) is 4.79 Å². The molecule has 0 fully saturated rings. The Morgan fingerprint density at radius 3 is 2.62 bits per heavy atom. The zero-order chi connectivity index (χ0) is 6.57. The molecule has 48 valence electrons. The lowest BCUT2D eigenvalue weighted by Crippen LogP contribution is -2.16. The third-order valence-electron chi connectivity index (χ3n) is 0.630. The van der Waals surface area contributed by atoms with Gasteiger partial charge in [0.05, 0.1) is 13.5 Å². The van der Waals surface area contributed by atoms with Crippen molar-refractivity contribution < 1.29 is 9.53 Å². The predicted octanol–water partition coefficient (Wildman–Crippen LogP) is -0.291. The molecule has 2 atom stereocenters. The van der Waals surface area contributed by atoms with E-state index in [4.69, 9.17) is 5.73 Å². The monoisotopic (exact) mass is 135 g/mol. The molecule has 0 aromatic rings. The molecule has 8 heavy (non-hydrogen) atoms. The quantitative estimate of drug-likeness (QED) is 0.418. The van der Waals surface area contributed by atoms with Crippen molar-refractivity contribution in [3.8, 4) is 0 Å². The van der Waals surface area contributed by atoms with Gasteiger partial charge in [-0.15, -0.1) is 9.24 Å². The Kier molecular flexibility index (Phi) is 3.75. The topological polar surface area (TPSA) is 52.3 Å². The largest absolute Gasteiger partial charge is 0.469 e. The van der Waals surface area contributed by atoms with Gasteiger partial charge in [-0.25, -0.2) is 0 Å². The zero-order valence-electron chi connectivity index (χ0n) is 4.76. The first-order valence-electron chi connectivity index (χ1n) is 2.24. The SMILES string of the molecule is COC(=O)CC(N)P. The summed E-state index contributed by atoms with van der Waals surface area (Å²) in [6.45, 7) is 0. The van der Waals surface area contributed by atoms with Crippen LogP contribution in [-0.2, 0) is 9.53 Å². The molecular weight excluding hydrogens is 125 g/mol. The lowest BCUT2D eigenvalue weighted by atomic mass is 10.4. The maximum absolute atomic E-state index is 10.3. The van der Waals surface area contributed by atoms with Crippen LogP contribution in [-0.4, -0.2) is 18.9 Å². The zero-order valence-corrected chi connectivity index (χ0v) is 5.91. The van der Waals surface area contributed by atoms with Gasteiger partial charge >= 0.3 is 5.97 Å². The highest BCUT2D eigenvalue weighted by Crippen LogP contribution is 1.96. The highest BCUT2D eigenvalue weighted by Gasteiger charge is 2.02. The summed E-state index contributed by atoms with van der Waals surface area (Å²) in [4.78, 5) is 10.3. The minimum absolute atomic E-state index is 0.178. The fourth-order valence-electron chi connectivity index (χ4n) is 0.276. The maximum Gasteiger partial charge on any atom is 0.307 e. The number of hydrogen-bond donors (Lipinski definition) is 1. The minimum atomic E-state index is -0.271. The van der Waals surface area contributed by atoms with Crippen LogP contribution in [0, 0.1) is 0 Å². The fraction of sp³-hybridized carbons (Fsp3) is 0.750. The molecule has 0 heterocycles. The summed E-state index contributed by atoms with van der Waals surface area (Å²) in [5.41, 5.74) is 5.23. The van der Waals surface area contributed by atoms with Crippen molar-refractivity contribution in [1.29, 1.82) is 0 Å². The van der Waals surface area contributed by atoms with Crippen molar-refractivity contribution in [3.05, 3.63) is 0 Å². The van der Waals surface area contributed by atoms with E-state index in [9.17, 15) is 4.79 Å². The van der Waals surface area contributed by atoms with Crippen LogP contribution in [0.1, 0.15) is 6.42 Å². The molecule has 0 bridgehead atoms. The second-order valence-electron chi connectivity index (χ2n) is 1.44. The Morgan fingerprint density at radius 1 is 2.00 bits per heavy atom. The van der Waals surface area contributed by atoms with Crippen LogP contribution < -0.4 is 5.73 Å². The number of esters is 1. The average molecular weight is 135 g/mol. The van der Waals surface area contributed by atoms with E-state index in [0.717, 1.165) is 0 Å². The first kappa shape index (κ1) is 7.86. The second-order valence-corrected chi connectivity index (χ2v) is 2.30. The third-order valence-corrected chi connectivity index (χ3v) is 0.866. The molecule has 0 aliphatic carbocycles. The number of rotatable bonds is 2. The van der Waals surface area contributed by atoms with Crippen molar-refractivity contribution in [3.63, 3.8) is 0 Å². The van der Waals surface area contributed by atoms with Crippen molar-refractivity contribution in [2.75, 3.05) is 7.11 Å². The normalized spacial score (nSPS) is 12.9. The molecular formula is C4H10NO2P. The number of nitrogens with two attached hydrogens (primary N) is 1. The van der Waals surface area contributed by atoms with Gasteiger partial charge in [0.2, 0.25) is 0 Å². The van der Waals surface area contributed by atoms with E-state index in [1.807, 2.05) is 0 Å². The molecule has 0 radical (unpaired) electrons. The van der Waals surface area contributed by atoms with Crippen molar-refractivity contribution in [2.24, 2.45) is 5.73 Å². The maximum atomic E-state index is 10.3. The Balaban J connectivity index is 3.25. The molecule has 3 nitrogen and oxygen atoms in total. The number of carbonyl (C=O) groups excluding carboxylic acids is 1. The molecule has 0 rings (SSSR count). The van der Waals surface area contributed by atoms with Crippen molar-refractivity contribution in [1.82, 2.24) is 0 Å². The molecule has 0 spiro atoms. The fourth-order valence-corrected chi connectivity index (χ4v) is 0.468. The highest BCUT2D eigenvalue weighted by atomic mass is 31.0. The standard InChI is InChI=1S/C4H10NO2P/c1-7-4(6)2-3(5)8/h3H,2,5,8H2,1H3. The minimum Gasteiger partial charge on any atom is -0.469 e. The molecule has 0 amide bonds. The van der Waals surface area contributed by atoms with Gasteiger partial charge in [-0.1, -0.05) is 0 Å². The molecule has 0 saturated carbocycles. The Morgan fingerprint density at radius 2 is 2.50 bits per heavy atom. The van der Waals surface area contributed by atoms with Crippen LogP contribution in [0.3, 0.4) is 0 Å². The number of methoxy groups -OCH3 is 1. The number of carbonyl (C=O) groups is 1. The van der Waals surface area contributed by atoms with Gasteiger partial charge < -0.3 is 10.5 Å². The highest BCUT2D eigenvalue weighted by molar-refractivity contribution is 7.17. The Labute approximate surface area is 50.8 Å². The summed E-state index contributed by atoms with van der Waals surface area (Å²) < 4.78 is 4.33. The van der Waals surface area contributed by atoms with Gasteiger partial charge in [0.25, 0.3) is 0 Å². The molecule has 2 N–H and O–H groups in total. The lowest BCUT2D eigenvalue weighted by molar-refractivity contribution is -0.140. The van der Waals surface area contributed by atoms with Gasteiger partial charge in [0.15, 0.2) is 0 Å². The van der Waals surface area contributed by atoms with E-state index in [0.29, 0.717) is 0 Å². The molecule has 0 aromatic carbocycles. The van der Waals surface area contributed by atoms with Crippen molar-refractivity contribution in [2.45, 2.75) is 12.2 Å². The molecule has 0 aromatic heterocycles. The van der Waals surface area contributed by atoms with E-state index >= 15 is 0 Å². The third kappa shape index (κ3) is 4.03. The molecule has 0 aliphatic rings. The Bertz CT molecular complexity index is 84.1. The van der Waals surface area contributed by atoms with E-state index < -0.39 is 0 Å². The second kappa shape index (κ2) is 3.81. The first-order valence-corrected chi connectivity index (χ1v) is 2.91. The molecule has 4 heteroatoms. The molecule has 0 aliphatic heterocycles. The van der Waals surface area contributed by atoms with Crippen LogP contribution >= 0.6 is 9.24 Å². The summed E-state index contributed by atoms with van der Waals surface area (Å²) in [6.07, 6.45) is 0.265. The van der Waals surface area contributed by atoms with Crippen LogP contribution in [0.25, 0.3) is 0 Å². The summed E-state index contributed by atoms with van der Waals surface area (Å²) in [7, 11) is 3.65. The van der Waals surface area contributed by atoms with Gasteiger partial charge in [0.1, 0.15) is 0 Å². The number of ether oxygens (including phenoxy) is 1. The summed E-state index contributed by atoms with van der Waals surface area (Å²) in [5.74, 6) is -0.449. The average Bonchev–Trinajstić information content (AvgIpc) is 1.65. The Hall–Kier alpha value is -0.140. The smallest absolute Gasteiger partial charge is 0.307 e. The van der Waals surface area contributed by atoms with Crippen molar-refractivity contribution >= 4 is 15.2 Å². The van der Waals surface area contributed by atoms with Gasteiger partial charge in [-0.05, 0) is 0 Å².